The summed E-state index contributed by atoms with van der Waals surface area (Å²) in [5, 5.41) is 2.56. The van der Waals surface area contributed by atoms with Crippen molar-refractivity contribution in [3.05, 3.63) is 53.3 Å². The second kappa shape index (κ2) is 6.61. The van der Waals surface area contributed by atoms with Gasteiger partial charge in [0.15, 0.2) is 0 Å². The minimum absolute atomic E-state index is 0.183. The number of rotatable bonds is 4. The van der Waals surface area contributed by atoms with Crippen LogP contribution < -0.4 is 5.32 Å². The minimum Gasteiger partial charge on any atom is -0.295 e. The summed E-state index contributed by atoms with van der Waals surface area (Å²) in [6.45, 7) is 3.53. The molecule has 4 heteroatoms. The Kier molecular flexibility index (Phi) is 4.60. The third-order valence-electron chi connectivity index (χ3n) is 2.73. The van der Waals surface area contributed by atoms with Gasteiger partial charge >= 0.3 is 0 Å². The van der Waals surface area contributed by atoms with Gasteiger partial charge in [-0.25, -0.2) is 9.97 Å². The molecular weight excluding hydrogens is 250 g/mol. The van der Waals surface area contributed by atoms with E-state index in [4.69, 9.17) is 0 Å². The fourth-order valence-corrected chi connectivity index (χ4v) is 1.81. The predicted octanol–water partition coefficient (Wildman–Crippen LogP) is 2.97. The van der Waals surface area contributed by atoms with Crippen LogP contribution in [0.2, 0.25) is 0 Å². The van der Waals surface area contributed by atoms with Crippen LogP contribution in [-0.2, 0) is 11.2 Å². The normalized spacial score (nSPS) is 10.7. The van der Waals surface area contributed by atoms with E-state index < -0.39 is 0 Å². The van der Waals surface area contributed by atoms with Crippen molar-refractivity contribution in [2.24, 2.45) is 0 Å². The standard InChI is InChI=1S/C16H16N3O/c1-3-13-6-4-5-7-14(13)8-9-15-10-11-17-16(19-15)18-12(2)20/h4-5,7-11H,3H2,1-2H3,(H,17,18,19,20). The highest BCUT2D eigenvalue weighted by Crippen LogP contribution is 2.13. The molecule has 1 heterocycles. The maximum atomic E-state index is 11.0. The van der Waals surface area contributed by atoms with Gasteiger partial charge in [-0.1, -0.05) is 31.2 Å². The van der Waals surface area contributed by atoms with Crippen molar-refractivity contribution in [1.82, 2.24) is 9.97 Å². The van der Waals surface area contributed by atoms with Crippen LogP contribution in [0.5, 0.6) is 0 Å². The highest BCUT2D eigenvalue weighted by Gasteiger charge is 1.99. The van der Waals surface area contributed by atoms with Gasteiger partial charge in [-0.3, -0.25) is 10.1 Å². The number of aryl methyl sites for hydroxylation is 1. The number of carbonyl (C=O) groups excluding carboxylic acids is 1. The van der Waals surface area contributed by atoms with E-state index in [0.29, 0.717) is 5.95 Å². The number of carbonyl (C=O) groups is 1. The van der Waals surface area contributed by atoms with Crippen LogP contribution in [0.4, 0.5) is 5.95 Å². The molecule has 0 bridgehead atoms. The molecule has 1 N–H and O–H groups in total. The number of benzene rings is 1. The average molecular weight is 266 g/mol. The first kappa shape index (κ1) is 13.9. The second-order valence-electron chi connectivity index (χ2n) is 4.28. The van der Waals surface area contributed by atoms with E-state index in [1.807, 2.05) is 30.4 Å². The molecule has 101 valence electrons. The van der Waals surface area contributed by atoms with Gasteiger partial charge in [-0.05, 0) is 35.8 Å². The van der Waals surface area contributed by atoms with Crippen molar-refractivity contribution in [3.63, 3.8) is 0 Å². The lowest BCUT2D eigenvalue weighted by molar-refractivity contribution is -0.114. The molecule has 1 aromatic heterocycles. The molecule has 1 aromatic carbocycles. The van der Waals surface area contributed by atoms with Gasteiger partial charge in [0.1, 0.15) is 0 Å². The van der Waals surface area contributed by atoms with Gasteiger partial charge < -0.3 is 0 Å². The monoisotopic (exact) mass is 266 g/mol. The number of hydrogen-bond acceptors (Lipinski definition) is 3. The molecule has 0 unspecified atom stereocenters. The fraction of sp³-hybridized carbons (Fsp3) is 0.188. The van der Waals surface area contributed by atoms with E-state index in [-0.39, 0.29) is 5.91 Å². The summed E-state index contributed by atoms with van der Waals surface area (Å²) in [5.74, 6) is 0.132. The summed E-state index contributed by atoms with van der Waals surface area (Å²) in [6.07, 6.45) is 6.45. The zero-order valence-electron chi connectivity index (χ0n) is 11.6. The van der Waals surface area contributed by atoms with Crippen LogP contribution in [0, 0.1) is 6.07 Å². The Labute approximate surface area is 118 Å². The first-order valence-electron chi connectivity index (χ1n) is 6.47. The van der Waals surface area contributed by atoms with Gasteiger partial charge in [0, 0.05) is 13.1 Å². The summed E-state index contributed by atoms with van der Waals surface area (Å²) >= 11 is 0. The Hall–Kier alpha value is -2.49. The van der Waals surface area contributed by atoms with Gasteiger partial charge in [0.2, 0.25) is 11.9 Å². The Morgan fingerprint density at radius 1 is 1.40 bits per heavy atom. The molecule has 4 nitrogen and oxygen atoms in total. The highest BCUT2D eigenvalue weighted by molar-refractivity contribution is 5.86. The van der Waals surface area contributed by atoms with Gasteiger partial charge in [-0.2, -0.15) is 0 Å². The lowest BCUT2D eigenvalue weighted by Gasteiger charge is -2.02. The molecule has 2 rings (SSSR count). The van der Waals surface area contributed by atoms with Crippen LogP contribution in [0.25, 0.3) is 12.2 Å². The van der Waals surface area contributed by atoms with Gasteiger partial charge in [-0.15, -0.1) is 0 Å². The number of amides is 1. The number of anilines is 1. The van der Waals surface area contributed by atoms with Crippen LogP contribution in [-0.4, -0.2) is 15.9 Å². The molecule has 0 aliphatic heterocycles. The molecular formula is C16H16N3O. The first-order chi connectivity index (χ1) is 9.69. The van der Waals surface area contributed by atoms with Crippen molar-refractivity contribution < 1.29 is 4.79 Å². The van der Waals surface area contributed by atoms with Gasteiger partial charge in [0.05, 0.1) is 5.69 Å². The van der Waals surface area contributed by atoms with E-state index in [9.17, 15) is 4.79 Å². The topological polar surface area (TPSA) is 54.9 Å². The maximum absolute atomic E-state index is 11.0. The van der Waals surface area contributed by atoms with Crippen molar-refractivity contribution in [3.8, 4) is 0 Å². The van der Waals surface area contributed by atoms with Crippen LogP contribution in [0.3, 0.4) is 0 Å². The summed E-state index contributed by atoms with van der Waals surface area (Å²) in [7, 11) is 0. The fourth-order valence-electron chi connectivity index (χ4n) is 1.81. The minimum atomic E-state index is -0.183. The molecule has 0 aliphatic carbocycles. The van der Waals surface area contributed by atoms with Crippen LogP contribution in [0.15, 0.2) is 30.5 Å². The summed E-state index contributed by atoms with van der Waals surface area (Å²) in [5.41, 5.74) is 3.03. The first-order valence-corrected chi connectivity index (χ1v) is 6.47. The second-order valence-corrected chi connectivity index (χ2v) is 4.28. The summed E-state index contributed by atoms with van der Waals surface area (Å²) < 4.78 is 0. The lowest BCUT2D eigenvalue weighted by Crippen LogP contribution is -2.09. The highest BCUT2D eigenvalue weighted by atomic mass is 16.1. The maximum Gasteiger partial charge on any atom is 0.229 e. The van der Waals surface area contributed by atoms with Gasteiger partial charge in [0.25, 0.3) is 0 Å². The van der Waals surface area contributed by atoms with E-state index in [0.717, 1.165) is 17.7 Å². The third-order valence-corrected chi connectivity index (χ3v) is 2.73. The van der Waals surface area contributed by atoms with E-state index in [1.54, 1.807) is 12.3 Å². The average Bonchev–Trinajstić information content (AvgIpc) is 2.45. The lowest BCUT2D eigenvalue weighted by atomic mass is 10.0. The molecule has 0 saturated heterocycles. The number of aromatic nitrogens is 2. The van der Waals surface area contributed by atoms with Crippen LogP contribution in [0.1, 0.15) is 30.7 Å². The molecule has 0 spiro atoms. The van der Waals surface area contributed by atoms with E-state index in [1.165, 1.54) is 12.5 Å². The number of nitrogens with zero attached hydrogens (tertiary/aromatic N) is 2. The Bertz CT molecular complexity index is 635. The third kappa shape index (κ3) is 3.75. The number of nitrogens with one attached hydrogen (secondary N) is 1. The summed E-state index contributed by atoms with van der Waals surface area (Å²) in [6, 6.07) is 10.9. The van der Waals surface area contributed by atoms with Crippen molar-refractivity contribution in [2.45, 2.75) is 20.3 Å². The summed E-state index contributed by atoms with van der Waals surface area (Å²) in [4.78, 5) is 19.2. The van der Waals surface area contributed by atoms with Crippen molar-refractivity contribution >= 4 is 24.0 Å². The zero-order valence-corrected chi connectivity index (χ0v) is 11.6. The zero-order chi connectivity index (χ0) is 14.4. The molecule has 1 amide bonds. The Morgan fingerprint density at radius 2 is 2.25 bits per heavy atom. The SMILES string of the molecule is CCc1[c]cccc1C=Cc1ccnc(NC(C)=O)n1. The molecule has 20 heavy (non-hydrogen) atoms. The van der Waals surface area contributed by atoms with Crippen LogP contribution >= 0.6 is 0 Å². The van der Waals surface area contributed by atoms with Crippen molar-refractivity contribution in [1.29, 1.82) is 0 Å². The molecule has 2 aromatic rings. The molecule has 0 atom stereocenters. The van der Waals surface area contributed by atoms with Crippen molar-refractivity contribution in [2.75, 3.05) is 5.32 Å². The van der Waals surface area contributed by atoms with E-state index in [2.05, 4.69) is 28.3 Å². The Balaban J connectivity index is 2.20. The quantitative estimate of drug-likeness (QED) is 0.925. The molecule has 0 fully saturated rings. The molecule has 0 aliphatic rings. The predicted molar refractivity (Wildman–Crippen MR) is 79.9 cm³/mol. The number of hydrogen-bond donors (Lipinski definition) is 1. The Morgan fingerprint density at radius 3 is 3.00 bits per heavy atom. The molecule has 1 radical (unpaired) electrons. The smallest absolute Gasteiger partial charge is 0.229 e. The van der Waals surface area contributed by atoms with E-state index >= 15 is 0 Å². The molecule has 0 saturated carbocycles. The largest absolute Gasteiger partial charge is 0.295 e.